The fourth-order valence-electron chi connectivity index (χ4n) is 1.18. The van der Waals surface area contributed by atoms with Gasteiger partial charge in [0.1, 0.15) is 0 Å². The molecule has 8 nitrogen and oxygen atoms in total. The van der Waals surface area contributed by atoms with Crippen molar-refractivity contribution in [2.24, 2.45) is 5.11 Å². The van der Waals surface area contributed by atoms with Gasteiger partial charge in [0.2, 0.25) is 0 Å². The summed E-state index contributed by atoms with van der Waals surface area (Å²) in [6, 6.07) is 0. The molecule has 0 aromatic rings. The lowest BCUT2D eigenvalue weighted by atomic mass is 10.3. The van der Waals surface area contributed by atoms with E-state index < -0.39 is 12.2 Å². The lowest BCUT2D eigenvalue weighted by Gasteiger charge is -2.19. The van der Waals surface area contributed by atoms with Gasteiger partial charge in [0, 0.05) is 24.5 Å². The Hall–Kier alpha value is -1.50. The average molecular weight is 231 g/mol. The van der Waals surface area contributed by atoms with Crippen LogP contribution in [0.15, 0.2) is 5.11 Å². The summed E-state index contributed by atoms with van der Waals surface area (Å²) in [5.74, 6) is 0. The maximum absolute atomic E-state index is 10.2. The van der Waals surface area contributed by atoms with E-state index in [0.29, 0.717) is 26.1 Å². The highest BCUT2D eigenvalue weighted by atomic mass is 16.4. The topological polar surface area (TPSA) is 122 Å². The quantitative estimate of drug-likeness (QED) is 0.240. The summed E-state index contributed by atoms with van der Waals surface area (Å²) < 4.78 is 0. The molecule has 0 heterocycles. The second-order valence-corrected chi connectivity index (χ2v) is 3.41. The standard InChI is InChI=1S/C8H17N5O3/c1-13(4-2-3-11-12-9)6-7(14)5-10-8(15)16/h7,10,14H,2-6H2,1H3,(H,15,16)/t7-/m0/s1. The van der Waals surface area contributed by atoms with Crippen molar-refractivity contribution in [2.75, 3.05) is 33.2 Å². The normalized spacial score (nSPS) is 11.9. The highest BCUT2D eigenvalue weighted by molar-refractivity contribution is 5.64. The number of nitrogens with zero attached hydrogens (tertiary/aromatic N) is 4. The first kappa shape index (κ1) is 14.5. The Morgan fingerprint density at radius 3 is 2.94 bits per heavy atom. The molecule has 1 atom stereocenters. The predicted octanol–water partition coefficient (Wildman–Crippen LogP) is 0.247. The molecule has 1 amide bonds. The first-order valence-electron chi connectivity index (χ1n) is 4.90. The highest BCUT2D eigenvalue weighted by Gasteiger charge is 2.08. The van der Waals surface area contributed by atoms with E-state index in [4.69, 9.17) is 10.6 Å². The van der Waals surface area contributed by atoms with E-state index in [1.165, 1.54) is 0 Å². The number of rotatable bonds is 8. The molecule has 0 spiro atoms. The van der Waals surface area contributed by atoms with Gasteiger partial charge in [-0.3, -0.25) is 0 Å². The number of hydrogen-bond donors (Lipinski definition) is 3. The van der Waals surface area contributed by atoms with Crippen molar-refractivity contribution < 1.29 is 15.0 Å². The molecule has 0 radical (unpaired) electrons. The SMILES string of the molecule is CN(CCCN=[N+]=[N-])C[C@@H](O)CNC(=O)O. The van der Waals surface area contributed by atoms with Crippen molar-refractivity contribution in [3.63, 3.8) is 0 Å². The van der Waals surface area contributed by atoms with Gasteiger partial charge >= 0.3 is 6.09 Å². The van der Waals surface area contributed by atoms with Crippen molar-refractivity contribution in [3.05, 3.63) is 10.4 Å². The Morgan fingerprint density at radius 1 is 1.69 bits per heavy atom. The van der Waals surface area contributed by atoms with E-state index in [-0.39, 0.29) is 6.54 Å². The Kier molecular flexibility index (Phi) is 7.96. The van der Waals surface area contributed by atoms with Gasteiger partial charge in [-0.15, -0.1) is 0 Å². The molecule has 16 heavy (non-hydrogen) atoms. The molecule has 0 aliphatic carbocycles. The third-order valence-corrected chi connectivity index (χ3v) is 1.87. The molecular formula is C8H17N5O3. The van der Waals surface area contributed by atoms with Crippen LogP contribution in [-0.2, 0) is 0 Å². The van der Waals surface area contributed by atoms with Crippen LogP contribution >= 0.6 is 0 Å². The Morgan fingerprint density at radius 2 is 2.38 bits per heavy atom. The fraction of sp³-hybridized carbons (Fsp3) is 0.875. The molecule has 0 aliphatic rings. The minimum absolute atomic E-state index is 0.00994. The first-order valence-corrected chi connectivity index (χ1v) is 4.90. The van der Waals surface area contributed by atoms with Gasteiger partial charge in [-0.1, -0.05) is 5.11 Å². The summed E-state index contributed by atoms with van der Waals surface area (Å²) in [6.45, 7) is 1.49. The smallest absolute Gasteiger partial charge is 0.404 e. The second-order valence-electron chi connectivity index (χ2n) is 3.41. The maximum Gasteiger partial charge on any atom is 0.404 e. The third kappa shape index (κ3) is 9.07. The van der Waals surface area contributed by atoms with Crippen LogP contribution in [0.5, 0.6) is 0 Å². The van der Waals surface area contributed by atoms with Crippen LogP contribution in [0.1, 0.15) is 6.42 Å². The van der Waals surface area contributed by atoms with E-state index in [1.54, 1.807) is 7.05 Å². The summed E-state index contributed by atoms with van der Waals surface area (Å²) in [4.78, 5) is 14.6. The molecule has 0 rings (SSSR count). The van der Waals surface area contributed by atoms with Crippen molar-refractivity contribution in [1.29, 1.82) is 0 Å². The van der Waals surface area contributed by atoms with Gasteiger partial charge in [0.25, 0.3) is 0 Å². The summed E-state index contributed by atoms with van der Waals surface area (Å²) in [6.07, 6.45) is -1.18. The molecule has 0 saturated heterocycles. The Bertz CT molecular complexity index is 254. The molecule has 0 bridgehead atoms. The molecule has 0 fully saturated rings. The lowest BCUT2D eigenvalue weighted by molar-refractivity contribution is 0.120. The van der Waals surface area contributed by atoms with Gasteiger partial charge in [-0.2, -0.15) is 0 Å². The number of hydrogen-bond acceptors (Lipinski definition) is 4. The van der Waals surface area contributed by atoms with Gasteiger partial charge in [-0.25, -0.2) is 4.79 Å². The molecule has 0 unspecified atom stereocenters. The minimum atomic E-state index is -1.15. The summed E-state index contributed by atoms with van der Waals surface area (Å²) >= 11 is 0. The number of likely N-dealkylation sites (N-methyl/N-ethyl adjacent to an activating group) is 1. The summed E-state index contributed by atoms with van der Waals surface area (Å²) in [7, 11) is 1.81. The first-order chi connectivity index (χ1) is 7.56. The zero-order valence-electron chi connectivity index (χ0n) is 9.20. The molecule has 0 aromatic heterocycles. The summed E-state index contributed by atoms with van der Waals surface area (Å²) in [5.41, 5.74) is 8.04. The zero-order chi connectivity index (χ0) is 12.4. The van der Waals surface area contributed by atoms with E-state index >= 15 is 0 Å². The molecule has 0 aliphatic heterocycles. The maximum atomic E-state index is 10.2. The third-order valence-electron chi connectivity index (χ3n) is 1.87. The van der Waals surface area contributed by atoms with Gasteiger partial charge in [-0.05, 0) is 25.5 Å². The molecule has 3 N–H and O–H groups in total. The van der Waals surface area contributed by atoms with Crippen molar-refractivity contribution in [1.82, 2.24) is 10.2 Å². The van der Waals surface area contributed by atoms with Crippen LogP contribution in [0.2, 0.25) is 0 Å². The number of carbonyl (C=O) groups is 1. The number of aliphatic hydroxyl groups is 1. The molecule has 92 valence electrons. The van der Waals surface area contributed by atoms with Crippen LogP contribution in [0.25, 0.3) is 10.4 Å². The van der Waals surface area contributed by atoms with E-state index in [1.807, 2.05) is 4.90 Å². The van der Waals surface area contributed by atoms with E-state index in [0.717, 1.165) is 0 Å². The lowest BCUT2D eigenvalue weighted by Crippen LogP contribution is -2.38. The van der Waals surface area contributed by atoms with Crippen molar-refractivity contribution >= 4 is 6.09 Å². The Labute approximate surface area is 93.5 Å². The summed E-state index contributed by atoms with van der Waals surface area (Å²) in [5, 5.41) is 23.2. The Balaban J connectivity index is 3.56. The van der Waals surface area contributed by atoms with Crippen molar-refractivity contribution in [2.45, 2.75) is 12.5 Å². The number of carboxylic acid groups (broad SMARTS) is 1. The molecular weight excluding hydrogens is 214 g/mol. The van der Waals surface area contributed by atoms with Crippen LogP contribution in [0.4, 0.5) is 4.79 Å². The van der Waals surface area contributed by atoms with E-state index in [2.05, 4.69) is 15.3 Å². The van der Waals surface area contributed by atoms with Crippen LogP contribution < -0.4 is 5.32 Å². The van der Waals surface area contributed by atoms with E-state index in [9.17, 15) is 9.90 Å². The second kappa shape index (κ2) is 8.78. The largest absolute Gasteiger partial charge is 0.465 e. The predicted molar refractivity (Wildman–Crippen MR) is 58.2 cm³/mol. The fourth-order valence-corrected chi connectivity index (χ4v) is 1.18. The minimum Gasteiger partial charge on any atom is -0.465 e. The van der Waals surface area contributed by atoms with Crippen LogP contribution in [0.3, 0.4) is 0 Å². The number of aliphatic hydroxyl groups excluding tert-OH is 1. The van der Waals surface area contributed by atoms with Gasteiger partial charge < -0.3 is 20.4 Å². The number of azide groups is 1. The van der Waals surface area contributed by atoms with Gasteiger partial charge in [0.05, 0.1) is 6.10 Å². The van der Waals surface area contributed by atoms with Crippen LogP contribution in [0, 0.1) is 0 Å². The van der Waals surface area contributed by atoms with Gasteiger partial charge in [0.15, 0.2) is 0 Å². The molecule has 0 saturated carbocycles. The average Bonchev–Trinajstić information content (AvgIpc) is 2.21. The monoisotopic (exact) mass is 231 g/mol. The highest BCUT2D eigenvalue weighted by Crippen LogP contribution is 1.92. The number of nitrogens with one attached hydrogen (secondary N) is 1. The van der Waals surface area contributed by atoms with Crippen molar-refractivity contribution in [3.8, 4) is 0 Å². The number of amides is 1. The molecule has 0 aromatic carbocycles. The van der Waals surface area contributed by atoms with Crippen LogP contribution in [-0.4, -0.2) is 60.5 Å². The zero-order valence-corrected chi connectivity index (χ0v) is 9.20. The molecule has 8 heteroatoms.